The van der Waals surface area contributed by atoms with Crippen molar-refractivity contribution in [2.45, 2.75) is 27.3 Å². The lowest BCUT2D eigenvalue weighted by Gasteiger charge is -2.06. The molecule has 1 aromatic heterocycles. The molecule has 0 saturated carbocycles. The number of ether oxygens (including phenoxy) is 1. The fraction of sp³-hybridized carbons (Fsp3) is 0.316. The van der Waals surface area contributed by atoms with Crippen LogP contribution >= 0.6 is 11.6 Å². The topological polar surface area (TPSA) is 79.9 Å². The van der Waals surface area contributed by atoms with Gasteiger partial charge in [0.2, 0.25) is 0 Å². The summed E-state index contributed by atoms with van der Waals surface area (Å²) in [6.07, 6.45) is 1.47. The van der Waals surface area contributed by atoms with Crippen LogP contribution in [-0.4, -0.2) is 22.8 Å². The van der Waals surface area contributed by atoms with Crippen LogP contribution in [0.2, 0.25) is 5.15 Å². The highest BCUT2D eigenvalue weighted by Crippen LogP contribution is 2.24. The molecule has 0 unspecified atom stereocenters. The van der Waals surface area contributed by atoms with E-state index in [9.17, 15) is 10.1 Å². The Balaban J connectivity index is 2.25. The van der Waals surface area contributed by atoms with Crippen molar-refractivity contribution < 1.29 is 9.53 Å². The van der Waals surface area contributed by atoms with Crippen molar-refractivity contribution in [3.63, 3.8) is 0 Å². The van der Waals surface area contributed by atoms with Crippen LogP contribution in [-0.2, 0) is 11.3 Å². The van der Waals surface area contributed by atoms with Crippen LogP contribution in [0.5, 0.6) is 5.75 Å². The number of aryl methyl sites for hydroxylation is 1. The molecule has 0 bridgehead atoms. The number of hydrogen-bond acceptors (Lipinski definition) is 4. The minimum Gasteiger partial charge on any atom is -0.497 e. The second-order valence-electron chi connectivity index (χ2n) is 6.22. The van der Waals surface area contributed by atoms with Gasteiger partial charge in [0.15, 0.2) is 0 Å². The van der Waals surface area contributed by atoms with E-state index in [2.05, 4.69) is 24.3 Å². The van der Waals surface area contributed by atoms with Crippen molar-refractivity contribution in [1.29, 1.82) is 5.26 Å². The summed E-state index contributed by atoms with van der Waals surface area (Å²) in [6.45, 7) is 6.58. The Bertz CT molecular complexity index is 861. The molecule has 1 aromatic carbocycles. The van der Waals surface area contributed by atoms with E-state index in [4.69, 9.17) is 16.3 Å². The molecule has 0 radical (unpaired) electrons. The summed E-state index contributed by atoms with van der Waals surface area (Å²) in [4.78, 5) is 12.4. The van der Waals surface area contributed by atoms with Gasteiger partial charge in [0.25, 0.3) is 5.91 Å². The molecule has 2 rings (SSSR count). The van der Waals surface area contributed by atoms with Crippen molar-refractivity contribution in [1.82, 2.24) is 9.78 Å². The molecule has 0 spiro atoms. The summed E-state index contributed by atoms with van der Waals surface area (Å²) in [6, 6.07) is 8.77. The first-order valence-electron chi connectivity index (χ1n) is 8.15. The number of benzene rings is 1. The average molecular weight is 373 g/mol. The highest BCUT2D eigenvalue weighted by Gasteiger charge is 2.16. The highest BCUT2D eigenvalue weighted by atomic mass is 35.5. The van der Waals surface area contributed by atoms with Crippen LogP contribution in [0.4, 0.5) is 5.69 Å². The van der Waals surface area contributed by atoms with Crippen molar-refractivity contribution in [2.24, 2.45) is 5.92 Å². The SMILES string of the molecule is COc1ccc(NC(=O)/C(C#N)=C/c2c(C)nn(CC(C)C)c2Cl)cc1. The Hall–Kier alpha value is -2.78. The molecule has 26 heavy (non-hydrogen) atoms. The van der Waals surface area contributed by atoms with Crippen LogP contribution in [0, 0.1) is 24.2 Å². The van der Waals surface area contributed by atoms with E-state index in [0.717, 1.165) is 0 Å². The standard InChI is InChI=1S/C19H21ClN4O2/c1-12(2)11-24-18(20)17(13(3)23-24)9-14(10-21)19(25)22-15-5-7-16(26-4)8-6-15/h5-9,12H,11H2,1-4H3,(H,22,25)/b14-9+. The Kier molecular flexibility index (Phi) is 6.42. The molecule has 0 aliphatic rings. The fourth-order valence-electron chi connectivity index (χ4n) is 2.36. The Morgan fingerprint density at radius 1 is 1.42 bits per heavy atom. The van der Waals surface area contributed by atoms with Gasteiger partial charge in [-0.25, -0.2) is 0 Å². The second-order valence-corrected chi connectivity index (χ2v) is 6.58. The minimum absolute atomic E-state index is 0.0464. The van der Waals surface area contributed by atoms with Gasteiger partial charge in [-0.3, -0.25) is 9.48 Å². The van der Waals surface area contributed by atoms with Crippen LogP contribution in [0.3, 0.4) is 0 Å². The van der Waals surface area contributed by atoms with Gasteiger partial charge in [0, 0.05) is 17.8 Å². The normalized spacial score (nSPS) is 11.3. The van der Waals surface area contributed by atoms with Gasteiger partial charge < -0.3 is 10.1 Å². The summed E-state index contributed by atoms with van der Waals surface area (Å²) in [5.41, 5.74) is 1.76. The third-order valence-corrected chi connectivity index (χ3v) is 4.05. The number of carbonyl (C=O) groups excluding carboxylic acids is 1. The summed E-state index contributed by atoms with van der Waals surface area (Å²) in [7, 11) is 1.57. The van der Waals surface area contributed by atoms with E-state index in [0.29, 0.717) is 40.3 Å². The first-order chi connectivity index (χ1) is 12.3. The van der Waals surface area contributed by atoms with Gasteiger partial charge in [-0.2, -0.15) is 10.4 Å². The number of amides is 1. The van der Waals surface area contributed by atoms with Crippen LogP contribution in [0.1, 0.15) is 25.1 Å². The molecule has 6 nitrogen and oxygen atoms in total. The Morgan fingerprint density at radius 3 is 2.62 bits per heavy atom. The van der Waals surface area contributed by atoms with Crippen molar-refractivity contribution in [3.05, 3.63) is 46.2 Å². The number of carbonyl (C=O) groups is 1. The van der Waals surface area contributed by atoms with E-state index in [-0.39, 0.29) is 5.57 Å². The largest absolute Gasteiger partial charge is 0.497 e. The predicted molar refractivity (Wildman–Crippen MR) is 102 cm³/mol. The lowest BCUT2D eigenvalue weighted by Crippen LogP contribution is -2.13. The molecule has 2 aromatic rings. The quantitative estimate of drug-likeness (QED) is 0.612. The van der Waals surface area contributed by atoms with Crippen LogP contribution in [0.25, 0.3) is 6.08 Å². The molecule has 1 heterocycles. The van der Waals surface area contributed by atoms with Gasteiger partial charge in [0.05, 0.1) is 12.8 Å². The van der Waals surface area contributed by atoms with Crippen LogP contribution in [0.15, 0.2) is 29.8 Å². The molecular formula is C19H21ClN4O2. The van der Waals surface area contributed by atoms with E-state index in [1.165, 1.54) is 6.08 Å². The monoisotopic (exact) mass is 372 g/mol. The lowest BCUT2D eigenvalue weighted by molar-refractivity contribution is -0.112. The number of anilines is 1. The molecule has 0 aliphatic carbocycles. The minimum atomic E-state index is -0.509. The predicted octanol–water partition coefficient (Wildman–Crippen LogP) is 4.06. The van der Waals surface area contributed by atoms with Gasteiger partial charge >= 0.3 is 0 Å². The fourth-order valence-corrected chi connectivity index (χ4v) is 2.66. The van der Waals surface area contributed by atoms with E-state index in [1.807, 2.05) is 6.07 Å². The molecule has 0 saturated heterocycles. The lowest BCUT2D eigenvalue weighted by atomic mass is 10.1. The van der Waals surface area contributed by atoms with E-state index < -0.39 is 5.91 Å². The third kappa shape index (κ3) is 4.64. The molecule has 136 valence electrons. The molecular weight excluding hydrogens is 352 g/mol. The number of rotatable bonds is 6. The number of aromatic nitrogens is 2. The molecule has 7 heteroatoms. The number of methoxy groups -OCH3 is 1. The van der Waals surface area contributed by atoms with Gasteiger partial charge in [-0.05, 0) is 43.2 Å². The van der Waals surface area contributed by atoms with Crippen LogP contribution < -0.4 is 10.1 Å². The molecule has 1 N–H and O–H groups in total. The van der Waals surface area contributed by atoms with Crippen molar-refractivity contribution in [2.75, 3.05) is 12.4 Å². The summed E-state index contributed by atoms with van der Waals surface area (Å²) in [5.74, 6) is 0.543. The Labute approximate surface area is 158 Å². The first kappa shape index (κ1) is 19.5. The Morgan fingerprint density at radius 2 is 2.08 bits per heavy atom. The van der Waals surface area contributed by atoms with E-state index in [1.54, 1.807) is 43.0 Å². The number of hydrogen-bond donors (Lipinski definition) is 1. The molecule has 0 aliphatic heterocycles. The third-order valence-electron chi connectivity index (χ3n) is 3.65. The zero-order valence-corrected chi connectivity index (χ0v) is 16.0. The smallest absolute Gasteiger partial charge is 0.266 e. The zero-order valence-electron chi connectivity index (χ0n) is 15.2. The first-order valence-corrected chi connectivity index (χ1v) is 8.53. The highest BCUT2D eigenvalue weighted by molar-refractivity contribution is 6.31. The number of nitriles is 1. The molecule has 0 atom stereocenters. The average Bonchev–Trinajstić information content (AvgIpc) is 2.86. The summed E-state index contributed by atoms with van der Waals surface area (Å²) >= 11 is 6.37. The van der Waals surface area contributed by atoms with Gasteiger partial charge in [-0.15, -0.1) is 0 Å². The molecule has 0 fully saturated rings. The maximum absolute atomic E-state index is 12.4. The number of nitrogens with one attached hydrogen (secondary N) is 1. The number of nitrogens with zero attached hydrogens (tertiary/aromatic N) is 3. The summed E-state index contributed by atoms with van der Waals surface area (Å²) < 4.78 is 6.76. The second kappa shape index (κ2) is 8.54. The molecule has 1 amide bonds. The van der Waals surface area contributed by atoms with Crippen molar-refractivity contribution >= 4 is 29.3 Å². The van der Waals surface area contributed by atoms with E-state index >= 15 is 0 Å². The maximum Gasteiger partial charge on any atom is 0.266 e. The van der Waals surface area contributed by atoms with Gasteiger partial charge in [0.1, 0.15) is 22.5 Å². The zero-order chi connectivity index (χ0) is 19.3. The maximum atomic E-state index is 12.4. The summed E-state index contributed by atoms with van der Waals surface area (Å²) in [5, 5.41) is 16.9. The van der Waals surface area contributed by atoms with Crippen molar-refractivity contribution in [3.8, 4) is 11.8 Å². The van der Waals surface area contributed by atoms with Gasteiger partial charge in [-0.1, -0.05) is 25.4 Å². The number of halogens is 1.